The molecule has 0 fully saturated rings. The molecule has 0 heterocycles. The van der Waals surface area contributed by atoms with Crippen LogP contribution in [-0.4, -0.2) is 96.7 Å². The van der Waals surface area contributed by atoms with Gasteiger partial charge in [-0.1, -0.05) is 389 Å². The summed E-state index contributed by atoms with van der Waals surface area (Å²) < 4.78 is 68.8. The maximum absolute atomic E-state index is 13.1. The van der Waals surface area contributed by atoms with E-state index in [1.165, 1.54) is 238 Å². The third-order valence-corrected chi connectivity index (χ3v) is 21.7. The summed E-state index contributed by atoms with van der Waals surface area (Å²) in [4.78, 5) is 73.1. The molecule has 618 valence electrons. The van der Waals surface area contributed by atoms with E-state index in [2.05, 4.69) is 55.4 Å². The van der Waals surface area contributed by atoms with Crippen LogP contribution in [0.2, 0.25) is 0 Å². The molecule has 0 aliphatic heterocycles. The summed E-state index contributed by atoms with van der Waals surface area (Å²) in [6, 6.07) is 0. The van der Waals surface area contributed by atoms with Crippen molar-refractivity contribution in [2.75, 3.05) is 39.6 Å². The Morgan fingerprint density at radius 2 is 0.404 bits per heavy atom. The summed E-state index contributed by atoms with van der Waals surface area (Å²) >= 11 is 0. The van der Waals surface area contributed by atoms with Crippen molar-refractivity contribution in [2.45, 2.75) is 459 Å². The average molecular weight is 1520 g/mol. The van der Waals surface area contributed by atoms with E-state index in [1.807, 2.05) is 0 Å². The molecular weight excluding hydrogens is 1350 g/mol. The van der Waals surface area contributed by atoms with E-state index >= 15 is 0 Å². The zero-order valence-electron chi connectivity index (χ0n) is 68.7. The molecule has 0 aromatic carbocycles. The van der Waals surface area contributed by atoms with Crippen LogP contribution in [0.1, 0.15) is 441 Å². The molecule has 0 amide bonds. The highest BCUT2D eigenvalue weighted by Gasteiger charge is 2.30. The Morgan fingerprint density at radius 1 is 0.240 bits per heavy atom. The third kappa shape index (κ3) is 78.2. The fourth-order valence-electron chi connectivity index (χ4n) is 13.1. The van der Waals surface area contributed by atoms with Gasteiger partial charge in [-0.15, -0.1) is 0 Å². The lowest BCUT2D eigenvalue weighted by molar-refractivity contribution is -0.161. The molecule has 3 N–H and O–H groups in total. The van der Waals surface area contributed by atoms with Crippen LogP contribution < -0.4 is 0 Å². The van der Waals surface area contributed by atoms with Gasteiger partial charge in [-0.3, -0.25) is 37.3 Å². The summed E-state index contributed by atoms with van der Waals surface area (Å²) in [6.07, 6.45) is 62.7. The Kier molecular flexibility index (Phi) is 72.5. The van der Waals surface area contributed by atoms with Crippen LogP contribution in [0.15, 0.2) is 0 Å². The van der Waals surface area contributed by atoms with Gasteiger partial charge in [0.1, 0.15) is 19.3 Å². The van der Waals surface area contributed by atoms with E-state index < -0.39 is 97.5 Å². The largest absolute Gasteiger partial charge is 0.472 e. The van der Waals surface area contributed by atoms with Gasteiger partial charge in [0, 0.05) is 25.7 Å². The monoisotopic (exact) mass is 1520 g/mol. The standard InChI is InChI=1S/C85H166O17P2/c1-75(2)61-53-45-37-31-25-19-15-11-9-10-12-17-21-28-34-40-49-57-65-82(87)95-71-80(101-84(89)67-59-51-41-35-29-22-18-14-13-16-20-26-32-38-46-54-62-76(3)4)73-99-103(91,92)97-69-79(86)70-98-104(93,94)100-74-81(72-96-83(88)66-58-50-44-43-48-56-64-78(7)8)102-85(90)68-60-52-42-36-30-24-23-27-33-39-47-55-63-77(5)6/h75-81,86H,9-74H2,1-8H3,(H,91,92)(H,93,94)/t79-,80-,81-/m1/s1. The van der Waals surface area contributed by atoms with E-state index in [1.54, 1.807) is 0 Å². The summed E-state index contributed by atoms with van der Waals surface area (Å²) in [5.41, 5.74) is 0. The smallest absolute Gasteiger partial charge is 0.462 e. The van der Waals surface area contributed by atoms with Crippen molar-refractivity contribution in [1.82, 2.24) is 0 Å². The zero-order valence-corrected chi connectivity index (χ0v) is 70.5. The number of phosphoric acid groups is 2. The number of hydrogen-bond donors (Lipinski definition) is 3. The van der Waals surface area contributed by atoms with Crippen LogP contribution in [0, 0.1) is 23.7 Å². The van der Waals surface area contributed by atoms with Gasteiger partial charge < -0.3 is 33.8 Å². The minimum atomic E-state index is -4.97. The maximum Gasteiger partial charge on any atom is 0.472 e. The zero-order chi connectivity index (χ0) is 76.7. The average Bonchev–Trinajstić information content (AvgIpc) is 0.920. The molecule has 0 saturated carbocycles. The van der Waals surface area contributed by atoms with Gasteiger partial charge in [0.05, 0.1) is 26.4 Å². The lowest BCUT2D eigenvalue weighted by atomic mass is 10.0. The molecule has 0 bridgehead atoms. The van der Waals surface area contributed by atoms with Crippen LogP contribution in [0.3, 0.4) is 0 Å². The van der Waals surface area contributed by atoms with Crippen molar-refractivity contribution in [2.24, 2.45) is 23.7 Å². The van der Waals surface area contributed by atoms with Crippen LogP contribution in [0.5, 0.6) is 0 Å². The van der Waals surface area contributed by atoms with Crippen LogP contribution >= 0.6 is 15.6 Å². The first-order valence-corrected chi connectivity index (χ1v) is 46.7. The molecular formula is C85H166O17P2. The highest BCUT2D eigenvalue weighted by molar-refractivity contribution is 7.47. The molecule has 2 unspecified atom stereocenters. The van der Waals surface area contributed by atoms with Gasteiger partial charge >= 0.3 is 39.5 Å². The fraction of sp³-hybridized carbons (Fsp3) is 0.953. The molecule has 19 heteroatoms. The molecule has 0 spiro atoms. The molecule has 0 aliphatic rings. The van der Waals surface area contributed by atoms with Crippen molar-refractivity contribution in [1.29, 1.82) is 0 Å². The van der Waals surface area contributed by atoms with Crippen LogP contribution in [-0.2, 0) is 65.4 Å². The number of rotatable bonds is 82. The van der Waals surface area contributed by atoms with E-state index in [0.717, 1.165) is 114 Å². The topological polar surface area (TPSA) is 237 Å². The molecule has 0 aromatic rings. The number of phosphoric ester groups is 2. The fourth-order valence-corrected chi connectivity index (χ4v) is 14.7. The highest BCUT2D eigenvalue weighted by atomic mass is 31.2. The van der Waals surface area contributed by atoms with Crippen molar-refractivity contribution in [3.8, 4) is 0 Å². The number of aliphatic hydroxyl groups excluding tert-OH is 1. The highest BCUT2D eigenvalue weighted by Crippen LogP contribution is 2.45. The number of hydrogen-bond acceptors (Lipinski definition) is 15. The number of esters is 4. The van der Waals surface area contributed by atoms with E-state index in [-0.39, 0.29) is 25.7 Å². The Labute approximate surface area is 638 Å². The summed E-state index contributed by atoms with van der Waals surface area (Å²) in [5, 5.41) is 10.7. The molecule has 17 nitrogen and oxygen atoms in total. The second-order valence-electron chi connectivity index (χ2n) is 32.5. The predicted molar refractivity (Wildman–Crippen MR) is 428 cm³/mol. The first-order valence-electron chi connectivity index (χ1n) is 43.7. The Morgan fingerprint density at radius 3 is 0.596 bits per heavy atom. The maximum atomic E-state index is 13.1. The van der Waals surface area contributed by atoms with E-state index in [0.29, 0.717) is 31.6 Å². The number of carbonyl (C=O) groups is 4. The second-order valence-corrected chi connectivity index (χ2v) is 35.4. The van der Waals surface area contributed by atoms with Crippen molar-refractivity contribution in [3.63, 3.8) is 0 Å². The van der Waals surface area contributed by atoms with Gasteiger partial charge in [-0.25, -0.2) is 9.13 Å². The Bertz CT molecular complexity index is 2020. The van der Waals surface area contributed by atoms with Gasteiger partial charge in [-0.05, 0) is 49.4 Å². The molecule has 5 atom stereocenters. The quantitative estimate of drug-likeness (QED) is 0.0222. The molecule has 0 saturated heterocycles. The first kappa shape index (κ1) is 102. The lowest BCUT2D eigenvalue weighted by Gasteiger charge is -2.21. The number of aliphatic hydroxyl groups is 1. The Hall–Kier alpha value is -1.94. The van der Waals surface area contributed by atoms with Crippen molar-refractivity contribution in [3.05, 3.63) is 0 Å². The Balaban J connectivity index is 5.21. The van der Waals surface area contributed by atoms with Crippen LogP contribution in [0.4, 0.5) is 0 Å². The minimum Gasteiger partial charge on any atom is -0.462 e. The van der Waals surface area contributed by atoms with Crippen LogP contribution in [0.25, 0.3) is 0 Å². The van der Waals surface area contributed by atoms with Crippen molar-refractivity contribution >= 4 is 39.5 Å². The van der Waals surface area contributed by atoms with Gasteiger partial charge in [0.25, 0.3) is 0 Å². The van der Waals surface area contributed by atoms with Gasteiger partial charge in [0.2, 0.25) is 0 Å². The van der Waals surface area contributed by atoms with Crippen molar-refractivity contribution < 1.29 is 80.2 Å². The predicted octanol–water partition coefficient (Wildman–Crippen LogP) is 25.6. The number of carbonyl (C=O) groups excluding carboxylic acids is 4. The SMILES string of the molecule is CC(C)CCCCCCCCCCCCCCCCCCCCC(=O)OC[C@H](COP(=O)(O)OC[C@@H](O)COP(=O)(O)OC[C@@H](COC(=O)CCCCCCCCC(C)C)OC(=O)CCCCCCCCCCCCCCC(C)C)OC(=O)CCCCCCCCCCCCCCCCCCC(C)C. The third-order valence-electron chi connectivity index (χ3n) is 19.8. The van der Waals surface area contributed by atoms with E-state index in [4.69, 9.17) is 37.0 Å². The van der Waals surface area contributed by atoms with Gasteiger partial charge in [0.15, 0.2) is 12.2 Å². The second kappa shape index (κ2) is 73.8. The number of unbranched alkanes of at least 4 members (excludes halogenated alkanes) is 48. The van der Waals surface area contributed by atoms with E-state index in [9.17, 15) is 43.2 Å². The normalized spacial score (nSPS) is 14.0. The molecule has 104 heavy (non-hydrogen) atoms. The lowest BCUT2D eigenvalue weighted by Crippen LogP contribution is -2.30. The molecule has 0 aromatic heterocycles. The summed E-state index contributed by atoms with van der Waals surface area (Å²) in [7, 11) is -9.93. The minimum absolute atomic E-state index is 0.106. The van der Waals surface area contributed by atoms with Gasteiger partial charge in [-0.2, -0.15) is 0 Å². The molecule has 0 radical (unpaired) electrons. The molecule has 0 aliphatic carbocycles. The first-order chi connectivity index (χ1) is 50.1. The summed E-state index contributed by atoms with van der Waals surface area (Å²) in [5.74, 6) is 0.977. The summed E-state index contributed by atoms with van der Waals surface area (Å²) in [6.45, 7) is 14.3. The number of ether oxygens (including phenoxy) is 4. The molecule has 0 rings (SSSR count).